The average Bonchev–Trinajstić information content (AvgIpc) is 3.34. The number of hydrogen-bond acceptors (Lipinski definition) is 4. The van der Waals surface area contributed by atoms with E-state index in [-0.39, 0.29) is 11.9 Å². The number of imidazole rings is 1. The van der Waals surface area contributed by atoms with Crippen LogP contribution in [0.3, 0.4) is 0 Å². The van der Waals surface area contributed by atoms with Crippen molar-refractivity contribution in [2.75, 3.05) is 7.05 Å². The molecule has 28 heavy (non-hydrogen) atoms. The number of hydrogen-bond donors (Lipinski definition) is 0. The van der Waals surface area contributed by atoms with Crippen LogP contribution in [0.25, 0.3) is 16.2 Å². The molecule has 142 valence electrons. The minimum absolute atomic E-state index is 0.0466. The molecule has 0 aliphatic rings. The quantitative estimate of drug-likeness (QED) is 0.489. The summed E-state index contributed by atoms with van der Waals surface area (Å²) in [5.41, 5.74) is 4.72. The van der Waals surface area contributed by atoms with Gasteiger partial charge in [0.1, 0.15) is 5.69 Å². The monoisotopic (exact) mass is 390 g/mol. The highest BCUT2D eigenvalue weighted by Crippen LogP contribution is 2.26. The number of pyridine rings is 1. The molecule has 0 saturated carbocycles. The Bertz CT molecular complexity index is 1100. The van der Waals surface area contributed by atoms with Crippen LogP contribution >= 0.6 is 11.3 Å². The summed E-state index contributed by atoms with van der Waals surface area (Å²) in [6.45, 7) is 4.13. The highest BCUT2D eigenvalue weighted by molar-refractivity contribution is 7.15. The fourth-order valence-corrected chi connectivity index (χ4v) is 4.01. The second-order valence-corrected chi connectivity index (χ2v) is 7.63. The van der Waals surface area contributed by atoms with Crippen molar-refractivity contribution in [3.05, 3.63) is 77.2 Å². The van der Waals surface area contributed by atoms with Crippen LogP contribution in [-0.2, 0) is 6.42 Å². The van der Waals surface area contributed by atoms with Gasteiger partial charge in [-0.1, -0.05) is 37.3 Å². The van der Waals surface area contributed by atoms with Crippen molar-refractivity contribution in [3.63, 3.8) is 0 Å². The third-order valence-electron chi connectivity index (χ3n) is 5.10. The van der Waals surface area contributed by atoms with Gasteiger partial charge in [0, 0.05) is 30.4 Å². The number of fused-ring (bicyclic) bond motifs is 1. The fraction of sp³-hybridized carbons (Fsp3) is 0.227. The smallest absolute Gasteiger partial charge is 0.272 e. The first-order chi connectivity index (χ1) is 13.6. The summed E-state index contributed by atoms with van der Waals surface area (Å²) in [7, 11) is 1.81. The SMILES string of the molecule is CCc1ccc(-c2cn3c(C(=O)N(C)C(C)c4ccccn4)csc3n2)cc1. The van der Waals surface area contributed by atoms with Crippen molar-refractivity contribution in [3.8, 4) is 11.3 Å². The number of rotatable bonds is 5. The van der Waals surface area contributed by atoms with Crippen LogP contribution in [0, 0.1) is 0 Å². The van der Waals surface area contributed by atoms with Gasteiger partial charge in [-0.15, -0.1) is 11.3 Å². The molecule has 0 saturated heterocycles. The predicted octanol–water partition coefficient (Wildman–Crippen LogP) is 4.85. The highest BCUT2D eigenvalue weighted by atomic mass is 32.1. The number of carbonyl (C=O) groups excluding carboxylic acids is 1. The van der Waals surface area contributed by atoms with Crippen LogP contribution in [0.5, 0.6) is 0 Å². The molecule has 1 aromatic carbocycles. The minimum Gasteiger partial charge on any atom is -0.332 e. The van der Waals surface area contributed by atoms with Gasteiger partial charge in [-0.05, 0) is 31.0 Å². The maximum absolute atomic E-state index is 13.1. The Balaban J connectivity index is 1.63. The van der Waals surface area contributed by atoms with Crippen LogP contribution in [-0.4, -0.2) is 32.2 Å². The fourth-order valence-electron chi connectivity index (χ4n) is 3.17. The second-order valence-electron chi connectivity index (χ2n) is 6.80. The maximum Gasteiger partial charge on any atom is 0.272 e. The maximum atomic E-state index is 13.1. The third-order valence-corrected chi connectivity index (χ3v) is 5.94. The van der Waals surface area contributed by atoms with Gasteiger partial charge in [-0.2, -0.15) is 0 Å². The Labute approximate surface area is 168 Å². The number of nitrogens with zero attached hydrogens (tertiary/aromatic N) is 4. The minimum atomic E-state index is -0.117. The summed E-state index contributed by atoms with van der Waals surface area (Å²) < 4.78 is 1.89. The van der Waals surface area contributed by atoms with Crippen LogP contribution in [0.2, 0.25) is 0 Å². The first-order valence-corrected chi connectivity index (χ1v) is 10.2. The standard InChI is InChI=1S/C22H22N4OS/c1-4-16-8-10-17(11-9-16)19-13-26-20(14-28-22(26)24-19)21(27)25(3)15(2)18-7-5-6-12-23-18/h5-15H,4H2,1-3H3. The normalized spacial score (nSPS) is 12.2. The topological polar surface area (TPSA) is 50.5 Å². The van der Waals surface area contributed by atoms with E-state index in [0.29, 0.717) is 5.69 Å². The Morgan fingerprint density at radius 1 is 1.21 bits per heavy atom. The molecule has 3 aromatic heterocycles. The van der Waals surface area contributed by atoms with E-state index in [1.165, 1.54) is 16.9 Å². The van der Waals surface area contributed by atoms with Gasteiger partial charge in [0.25, 0.3) is 5.91 Å². The van der Waals surface area contributed by atoms with Crippen molar-refractivity contribution in [1.29, 1.82) is 0 Å². The molecule has 5 nitrogen and oxygen atoms in total. The molecule has 0 spiro atoms. The molecule has 0 radical (unpaired) electrons. The molecule has 0 aliphatic heterocycles. The zero-order chi connectivity index (χ0) is 19.7. The second kappa shape index (κ2) is 7.56. The lowest BCUT2D eigenvalue weighted by Crippen LogP contribution is -2.30. The number of carbonyl (C=O) groups is 1. The van der Waals surface area contributed by atoms with Crippen LogP contribution in [0.15, 0.2) is 60.2 Å². The lowest BCUT2D eigenvalue weighted by Gasteiger charge is -2.24. The Kier molecular flexibility index (Phi) is 4.96. The van der Waals surface area contributed by atoms with Gasteiger partial charge in [0.15, 0.2) is 4.96 Å². The van der Waals surface area contributed by atoms with Crippen molar-refractivity contribution in [1.82, 2.24) is 19.3 Å². The number of benzene rings is 1. The molecule has 4 aromatic rings. The zero-order valence-corrected chi connectivity index (χ0v) is 17.0. The number of amides is 1. The van der Waals surface area contributed by atoms with Crippen molar-refractivity contribution >= 4 is 22.2 Å². The van der Waals surface area contributed by atoms with Gasteiger partial charge in [0.2, 0.25) is 0 Å². The van der Waals surface area contributed by atoms with E-state index < -0.39 is 0 Å². The highest BCUT2D eigenvalue weighted by Gasteiger charge is 2.23. The molecular formula is C22H22N4OS. The van der Waals surface area contributed by atoms with Crippen LogP contribution in [0.1, 0.15) is 41.6 Å². The summed E-state index contributed by atoms with van der Waals surface area (Å²) in [6, 6.07) is 14.0. The van der Waals surface area contributed by atoms with Gasteiger partial charge in [-0.25, -0.2) is 4.98 Å². The molecule has 0 aliphatic carbocycles. The summed E-state index contributed by atoms with van der Waals surface area (Å²) in [4.78, 5) is 24.7. The molecule has 0 bridgehead atoms. The third kappa shape index (κ3) is 3.31. The van der Waals surface area contributed by atoms with Crippen molar-refractivity contribution in [2.45, 2.75) is 26.3 Å². The van der Waals surface area contributed by atoms with E-state index in [9.17, 15) is 4.79 Å². The molecule has 6 heteroatoms. The summed E-state index contributed by atoms with van der Waals surface area (Å²) in [5.74, 6) is -0.0466. The summed E-state index contributed by atoms with van der Waals surface area (Å²) in [5, 5.41) is 1.87. The van der Waals surface area contributed by atoms with Crippen molar-refractivity contribution < 1.29 is 4.79 Å². The predicted molar refractivity (Wildman–Crippen MR) is 113 cm³/mol. The Morgan fingerprint density at radius 2 is 2.00 bits per heavy atom. The Morgan fingerprint density at radius 3 is 2.68 bits per heavy atom. The number of aryl methyl sites for hydroxylation is 1. The molecule has 1 amide bonds. The first kappa shape index (κ1) is 18.4. The van der Waals surface area contributed by atoms with Crippen LogP contribution in [0.4, 0.5) is 0 Å². The molecule has 0 N–H and O–H groups in total. The van der Waals surface area contributed by atoms with E-state index in [0.717, 1.165) is 28.3 Å². The van der Waals surface area contributed by atoms with Crippen LogP contribution < -0.4 is 0 Å². The summed E-state index contributed by atoms with van der Waals surface area (Å²) in [6.07, 6.45) is 4.70. The number of aromatic nitrogens is 3. The van der Waals surface area contributed by atoms with E-state index >= 15 is 0 Å². The van der Waals surface area contributed by atoms with Gasteiger partial charge in [0.05, 0.1) is 17.4 Å². The number of thiazole rings is 1. The first-order valence-electron chi connectivity index (χ1n) is 9.32. The van der Waals surface area contributed by atoms with E-state index in [4.69, 9.17) is 4.98 Å². The zero-order valence-electron chi connectivity index (χ0n) is 16.2. The van der Waals surface area contributed by atoms with E-state index in [1.807, 2.05) is 48.1 Å². The Hall–Kier alpha value is -2.99. The van der Waals surface area contributed by atoms with Crippen molar-refractivity contribution in [2.24, 2.45) is 0 Å². The van der Waals surface area contributed by atoms with E-state index in [1.54, 1.807) is 11.1 Å². The van der Waals surface area contributed by atoms with E-state index in [2.05, 4.69) is 36.2 Å². The lowest BCUT2D eigenvalue weighted by molar-refractivity contribution is 0.0733. The molecule has 0 fully saturated rings. The molecule has 1 atom stereocenters. The molecule has 1 unspecified atom stereocenters. The van der Waals surface area contributed by atoms with Gasteiger partial charge in [-0.3, -0.25) is 14.2 Å². The van der Waals surface area contributed by atoms with Gasteiger partial charge < -0.3 is 4.90 Å². The van der Waals surface area contributed by atoms with Gasteiger partial charge >= 0.3 is 0 Å². The molecule has 3 heterocycles. The molecular weight excluding hydrogens is 368 g/mol. The lowest BCUT2D eigenvalue weighted by atomic mass is 10.1. The molecule has 4 rings (SSSR count). The largest absolute Gasteiger partial charge is 0.332 e. The summed E-state index contributed by atoms with van der Waals surface area (Å²) >= 11 is 1.48. The average molecular weight is 391 g/mol.